The molecule has 3 heteroatoms. The van der Waals surface area contributed by atoms with Crippen LogP contribution in [-0.4, -0.2) is 29.6 Å². The fourth-order valence-electron chi connectivity index (χ4n) is 3.55. The molecular formula is C17H21NO2. The molecule has 0 spiro atoms. The molecule has 0 unspecified atom stereocenters. The molecule has 1 aliphatic carbocycles. The maximum atomic E-state index is 12.3. The van der Waals surface area contributed by atoms with E-state index in [0.29, 0.717) is 18.6 Å². The van der Waals surface area contributed by atoms with Crippen LogP contribution in [-0.2, 0) is 9.53 Å². The lowest BCUT2D eigenvalue weighted by molar-refractivity contribution is -0.150. The quantitative estimate of drug-likeness (QED) is 0.623. The number of rotatable bonds is 4. The van der Waals surface area contributed by atoms with Crippen LogP contribution in [0.15, 0.2) is 42.5 Å². The van der Waals surface area contributed by atoms with Crippen molar-refractivity contribution in [1.29, 1.82) is 0 Å². The highest BCUT2D eigenvalue weighted by Gasteiger charge is 2.49. The molecule has 0 radical (unpaired) electrons. The summed E-state index contributed by atoms with van der Waals surface area (Å²) in [5.74, 6) is 0.234. The van der Waals surface area contributed by atoms with Crippen molar-refractivity contribution in [1.82, 2.24) is 4.90 Å². The zero-order valence-corrected chi connectivity index (χ0v) is 12.0. The summed E-state index contributed by atoms with van der Waals surface area (Å²) in [6, 6.07) is 10.8. The van der Waals surface area contributed by atoms with Crippen molar-refractivity contribution in [3.05, 3.63) is 48.0 Å². The van der Waals surface area contributed by atoms with Crippen LogP contribution in [0.1, 0.15) is 31.9 Å². The predicted octanol–water partition coefficient (Wildman–Crippen LogP) is 2.94. The predicted molar refractivity (Wildman–Crippen MR) is 78.2 cm³/mol. The topological polar surface area (TPSA) is 29.5 Å². The molecule has 1 saturated heterocycles. The average Bonchev–Trinajstić information content (AvgIpc) is 3.08. The van der Waals surface area contributed by atoms with Crippen molar-refractivity contribution < 1.29 is 9.53 Å². The first-order chi connectivity index (χ1) is 9.72. The molecule has 2 aliphatic rings. The number of esters is 1. The molecule has 1 fully saturated rings. The molecule has 20 heavy (non-hydrogen) atoms. The molecule has 1 aromatic rings. The van der Waals surface area contributed by atoms with Crippen molar-refractivity contribution in [3.63, 3.8) is 0 Å². The van der Waals surface area contributed by atoms with E-state index in [1.165, 1.54) is 5.56 Å². The van der Waals surface area contributed by atoms with E-state index in [0.717, 1.165) is 6.42 Å². The molecule has 0 aromatic heterocycles. The van der Waals surface area contributed by atoms with E-state index in [4.69, 9.17) is 4.74 Å². The summed E-state index contributed by atoms with van der Waals surface area (Å²) in [6.07, 6.45) is 5.46. The van der Waals surface area contributed by atoms with Gasteiger partial charge in [0, 0.05) is 18.0 Å². The number of fused-ring (bicyclic) bond motifs is 2. The molecule has 4 atom stereocenters. The van der Waals surface area contributed by atoms with Crippen LogP contribution in [0, 0.1) is 5.92 Å². The maximum Gasteiger partial charge on any atom is 0.323 e. The van der Waals surface area contributed by atoms with Gasteiger partial charge < -0.3 is 4.74 Å². The number of ether oxygens (including phenoxy) is 1. The first-order valence-corrected chi connectivity index (χ1v) is 7.39. The molecule has 0 amide bonds. The van der Waals surface area contributed by atoms with Crippen LogP contribution < -0.4 is 0 Å². The molecule has 106 valence electrons. The Morgan fingerprint density at radius 1 is 1.35 bits per heavy atom. The SMILES string of the molecule is CCOC(=O)[C@@H]1[C@H]2C=C[C@H](C2)N1[C@H](C)c1ccccc1. The third-order valence-electron chi connectivity index (χ3n) is 4.46. The summed E-state index contributed by atoms with van der Waals surface area (Å²) in [4.78, 5) is 14.6. The van der Waals surface area contributed by atoms with Crippen LogP contribution in [0.4, 0.5) is 0 Å². The number of likely N-dealkylation sites (tertiary alicyclic amines) is 1. The molecule has 2 bridgehead atoms. The van der Waals surface area contributed by atoms with Crippen LogP contribution in [0.25, 0.3) is 0 Å². The van der Waals surface area contributed by atoms with E-state index >= 15 is 0 Å². The summed E-state index contributed by atoms with van der Waals surface area (Å²) < 4.78 is 5.28. The fourth-order valence-corrected chi connectivity index (χ4v) is 3.55. The fraction of sp³-hybridized carbons (Fsp3) is 0.471. The van der Waals surface area contributed by atoms with E-state index in [1.54, 1.807) is 0 Å². The minimum atomic E-state index is -0.125. The van der Waals surface area contributed by atoms with Gasteiger partial charge in [-0.15, -0.1) is 0 Å². The Morgan fingerprint density at radius 2 is 2.10 bits per heavy atom. The van der Waals surface area contributed by atoms with Gasteiger partial charge in [-0.2, -0.15) is 0 Å². The van der Waals surface area contributed by atoms with E-state index in [2.05, 4.69) is 48.2 Å². The Kier molecular flexibility index (Phi) is 3.62. The largest absolute Gasteiger partial charge is 0.465 e. The summed E-state index contributed by atoms with van der Waals surface area (Å²) in [5.41, 5.74) is 1.25. The highest BCUT2D eigenvalue weighted by molar-refractivity contribution is 5.77. The van der Waals surface area contributed by atoms with Gasteiger partial charge in [0.15, 0.2) is 0 Å². The zero-order valence-electron chi connectivity index (χ0n) is 12.0. The molecule has 0 saturated carbocycles. The number of nitrogens with zero attached hydrogens (tertiary/aromatic N) is 1. The number of benzene rings is 1. The highest BCUT2D eigenvalue weighted by atomic mass is 16.5. The molecule has 3 rings (SSSR count). The van der Waals surface area contributed by atoms with Crippen LogP contribution in [0.2, 0.25) is 0 Å². The molecule has 1 aromatic carbocycles. The molecule has 1 aliphatic heterocycles. The summed E-state index contributed by atoms with van der Waals surface area (Å²) in [7, 11) is 0. The Morgan fingerprint density at radius 3 is 2.80 bits per heavy atom. The van der Waals surface area contributed by atoms with Crippen LogP contribution in [0.5, 0.6) is 0 Å². The van der Waals surface area contributed by atoms with Crippen LogP contribution in [0.3, 0.4) is 0 Å². The van der Waals surface area contributed by atoms with Gasteiger partial charge in [0.05, 0.1) is 6.61 Å². The lowest BCUT2D eigenvalue weighted by Gasteiger charge is -2.36. The molecule has 3 nitrogen and oxygen atoms in total. The first kappa shape index (κ1) is 13.4. The van der Waals surface area contributed by atoms with Crippen molar-refractivity contribution >= 4 is 5.97 Å². The maximum absolute atomic E-state index is 12.3. The number of carbonyl (C=O) groups excluding carboxylic acids is 1. The Labute approximate surface area is 120 Å². The smallest absolute Gasteiger partial charge is 0.323 e. The zero-order chi connectivity index (χ0) is 14.1. The lowest BCUT2D eigenvalue weighted by Crippen LogP contribution is -2.46. The second-order valence-corrected chi connectivity index (χ2v) is 5.58. The van der Waals surface area contributed by atoms with Gasteiger partial charge in [-0.25, -0.2) is 0 Å². The van der Waals surface area contributed by atoms with E-state index in [1.807, 2.05) is 13.0 Å². The molecule has 1 heterocycles. The standard InChI is InChI=1S/C17H21NO2/c1-3-20-17(19)16-14-9-10-15(11-14)18(16)12(2)13-7-5-4-6-8-13/h4-10,12,14-16H,3,11H2,1-2H3/t12-,14+,15-,16+/m1/s1. The van der Waals surface area contributed by atoms with Gasteiger partial charge in [-0.3, -0.25) is 9.69 Å². The van der Waals surface area contributed by atoms with E-state index in [-0.39, 0.29) is 18.1 Å². The average molecular weight is 271 g/mol. The highest BCUT2D eigenvalue weighted by Crippen LogP contribution is 2.42. The molecule has 0 N–H and O–H groups in total. The van der Waals surface area contributed by atoms with Gasteiger partial charge in [-0.1, -0.05) is 42.5 Å². The Hall–Kier alpha value is -1.61. The van der Waals surface area contributed by atoms with Gasteiger partial charge in [0.2, 0.25) is 0 Å². The third-order valence-corrected chi connectivity index (χ3v) is 4.46. The van der Waals surface area contributed by atoms with Crippen molar-refractivity contribution in [2.45, 2.75) is 38.4 Å². The van der Waals surface area contributed by atoms with Crippen molar-refractivity contribution in [2.75, 3.05) is 6.61 Å². The minimum Gasteiger partial charge on any atom is -0.465 e. The second-order valence-electron chi connectivity index (χ2n) is 5.58. The van der Waals surface area contributed by atoms with Crippen molar-refractivity contribution in [3.8, 4) is 0 Å². The van der Waals surface area contributed by atoms with E-state index < -0.39 is 0 Å². The summed E-state index contributed by atoms with van der Waals surface area (Å²) >= 11 is 0. The Bertz CT molecular complexity index is 511. The van der Waals surface area contributed by atoms with Crippen molar-refractivity contribution in [2.24, 2.45) is 5.92 Å². The lowest BCUT2D eigenvalue weighted by atomic mass is 9.99. The molecular weight excluding hydrogens is 250 g/mol. The van der Waals surface area contributed by atoms with Gasteiger partial charge >= 0.3 is 5.97 Å². The van der Waals surface area contributed by atoms with Crippen LogP contribution >= 0.6 is 0 Å². The summed E-state index contributed by atoms with van der Waals surface area (Å²) in [6.45, 7) is 4.49. The number of carbonyl (C=O) groups is 1. The number of hydrogen-bond acceptors (Lipinski definition) is 3. The minimum absolute atomic E-state index is 0.0767. The first-order valence-electron chi connectivity index (χ1n) is 7.39. The summed E-state index contributed by atoms with van der Waals surface area (Å²) in [5, 5.41) is 0. The van der Waals surface area contributed by atoms with Gasteiger partial charge in [-0.05, 0) is 25.8 Å². The van der Waals surface area contributed by atoms with Gasteiger partial charge in [0.25, 0.3) is 0 Å². The second kappa shape index (κ2) is 5.41. The third kappa shape index (κ3) is 2.16. The van der Waals surface area contributed by atoms with E-state index in [9.17, 15) is 4.79 Å². The monoisotopic (exact) mass is 271 g/mol. The number of hydrogen-bond donors (Lipinski definition) is 0. The Balaban J connectivity index is 1.87. The van der Waals surface area contributed by atoms with Gasteiger partial charge in [0.1, 0.15) is 6.04 Å². The normalized spacial score (nSPS) is 29.6.